The van der Waals surface area contributed by atoms with Gasteiger partial charge in [-0.15, -0.1) is 23.2 Å². The summed E-state index contributed by atoms with van der Waals surface area (Å²) < 4.78 is 52.3. The molecule has 41 heavy (non-hydrogen) atoms. The average Bonchev–Trinajstić information content (AvgIpc) is 3.49. The Kier molecular flexibility index (Phi) is 9.23. The Morgan fingerprint density at radius 2 is 1.46 bits per heavy atom. The highest BCUT2D eigenvalue weighted by molar-refractivity contribution is 6.54. The van der Waals surface area contributed by atoms with Gasteiger partial charge in [0.05, 0.1) is 37.3 Å². The first-order valence-corrected chi connectivity index (χ1v) is 13.4. The van der Waals surface area contributed by atoms with Crippen molar-refractivity contribution < 1.29 is 31.9 Å². The molecule has 0 heterocycles. The molecule has 1 aliphatic rings. The summed E-state index contributed by atoms with van der Waals surface area (Å²) in [5.74, 6) is -8.11. The van der Waals surface area contributed by atoms with Crippen LogP contribution < -0.4 is 16.0 Å². The van der Waals surface area contributed by atoms with Crippen LogP contribution in [0.5, 0.6) is 0 Å². The van der Waals surface area contributed by atoms with Gasteiger partial charge in [-0.1, -0.05) is 46.4 Å². The second-order valence-corrected chi connectivity index (χ2v) is 11.7. The van der Waals surface area contributed by atoms with E-state index in [0.717, 1.165) is 12.1 Å². The summed E-state index contributed by atoms with van der Waals surface area (Å²) in [6.07, 6.45) is -3.54. The highest BCUT2D eigenvalue weighted by Gasteiger charge is 2.67. The summed E-state index contributed by atoms with van der Waals surface area (Å²) in [4.78, 5) is 37.1. The minimum atomic E-state index is -3.54. The Bertz CT molecular complexity index is 1570. The number of carbonyl (C=O) groups excluding carboxylic acids is 3. The number of amides is 3. The summed E-state index contributed by atoms with van der Waals surface area (Å²) in [6.45, 7) is 0. The zero-order chi connectivity index (χ0) is 30.4. The topological polar surface area (TPSA) is 87.3 Å². The van der Waals surface area contributed by atoms with Crippen molar-refractivity contribution in [1.29, 1.82) is 0 Å². The van der Waals surface area contributed by atoms with Crippen LogP contribution in [0.15, 0.2) is 42.5 Å². The Morgan fingerprint density at radius 3 is 2.07 bits per heavy atom. The number of anilines is 3. The zero-order valence-corrected chi connectivity index (χ0v) is 24.3. The van der Waals surface area contributed by atoms with Gasteiger partial charge in [0.1, 0.15) is 15.8 Å². The van der Waals surface area contributed by atoms with Crippen LogP contribution in [0.25, 0.3) is 0 Å². The Morgan fingerprint density at radius 1 is 0.829 bits per heavy atom. The molecule has 1 aliphatic carbocycles. The fraction of sp³-hybridized carbons (Fsp3) is 0.160. The van der Waals surface area contributed by atoms with Crippen LogP contribution >= 0.6 is 69.6 Å². The lowest BCUT2D eigenvalue weighted by molar-refractivity contribution is -0.126. The summed E-state index contributed by atoms with van der Waals surface area (Å²) in [5, 5.41) is 6.37. The van der Waals surface area contributed by atoms with E-state index in [1.165, 1.54) is 29.6 Å². The lowest BCUT2D eigenvalue weighted by Gasteiger charge is -2.13. The van der Waals surface area contributed by atoms with E-state index in [9.17, 15) is 31.9 Å². The quantitative estimate of drug-likeness (QED) is 0.132. The van der Waals surface area contributed by atoms with Gasteiger partial charge in [0.2, 0.25) is 5.91 Å². The lowest BCUT2D eigenvalue weighted by atomic mass is 10.1. The number of rotatable bonds is 7. The number of halogens is 10. The monoisotopic (exact) mass is 689 g/mol. The highest BCUT2D eigenvalue weighted by Crippen LogP contribution is 2.65. The minimum absolute atomic E-state index is 0.0796. The zero-order valence-electron chi connectivity index (χ0n) is 19.8. The van der Waals surface area contributed by atoms with Crippen molar-refractivity contribution in [2.24, 2.45) is 5.92 Å². The molecule has 216 valence electrons. The predicted octanol–water partition coefficient (Wildman–Crippen LogP) is 8.56. The third-order valence-corrected chi connectivity index (χ3v) is 8.43. The first-order valence-electron chi connectivity index (χ1n) is 11.1. The van der Waals surface area contributed by atoms with Gasteiger partial charge in [-0.3, -0.25) is 14.4 Å². The molecule has 3 aromatic rings. The first-order chi connectivity index (χ1) is 19.1. The van der Waals surface area contributed by atoms with Gasteiger partial charge in [0.15, 0.2) is 5.82 Å². The van der Waals surface area contributed by atoms with E-state index < -0.39 is 63.3 Å². The van der Waals surface area contributed by atoms with Gasteiger partial charge >= 0.3 is 6.43 Å². The van der Waals surface area contributed by atoms with E-state index in [-0.39, 0.29) is 31.3 Å². The maximum Gasteiger partial charge on any atom is 0.315 e. The summed E-state index contributed by atoms with van der Waals surface area (Å²) >= 11 is 37.0. The van der Waals surface area contributed by atoms with E-state index >= 15 is 0 Å². The van der Waals surface area contributed by atoms with Crippen LogP contribution in [0.3, 0.4) is 0 Å². The van der Waals surface area contributed by atoms with Gasteiger partial charge in [-0.25, -0.2) is 8.78 Å². The van der Waals surface area contributed by atoms with Gasteiger partial charge < -0.3 is 16.0 Å². The van der Waals surface area contributed by atoms with E-state index in [1.807, 2.05) is 0 Å². The van der Waals surface area contributed by atoms with Crippen LogP contribution in [0.4, 0.5) is 34.6 Å². The molecular weight excluding hydrogens is 679 g/mol. The first kappa shape index (κ1) is 31.5. The van der Waals surface area contributed by atoms with Crippen molar-refractivity contribution in [3.63, 3.8) is 0 Å². The van der Waals surface area contributed by atoms with Crippen LogP contribution in [0, 0.1) is 17.6 Å². The summed E-state index contributed by atoms with van der Waals surface area (Å²) in [5.41, 5.74) is -1.54. The third-order valence-electron chi connectivity index (χ3n) is 5.97. The van der Waals surface area contributed by atoms with Crippen LogP contribution in [-0.2, 0) is 9.59 Å². The molecule has 0 unspecified atom stereocenters. The normalized spacial score (nSPS) is 17.2. The maximum atomic E-state index is 14.7. The Labute approximate surface area is 259 Å². The fourth-order valence-corrected chi connectivity index (χ4v) is 5.60. The van der Waals surface area contributed by atoms with Crippen LogP contribution in [0.2, 0.25) is 20.1 Å². The average molecular weight is 692 g/mol. The number of alkyl halides is 4. The number of carbonyl (C=O) groups is 3. The predicted molar refractivity (Wildman–Crippen MR) is 151 cm³/mol. The molecular formula is C25H13Cl6F4N3O3. The standard InChI is InChI=1S/C25H13Cl6F4N3O3/c26-11-2-1-9(36-23(40)17-16(25(17,30)31)8-5-12(27)18(29)13(28)6-8)7-10(11)22(39)37-15-4-3-14(32)20(19(15)33)38-24(41)21(34)35/h1-7,16-17,21H,(H,36,40)(H,37,39)(H,38,41)/t16-,17+/m0/s1. The van der Waals surface area contributed by atoms with Gasteiger partial charge in [-0.05, 0) is 48.0 Å². The van der Waals surface area contributed by atoms with Gasteiger partial charge in [-0.2, -0.15) is 8.78 Å². The molecule has 0 aromatic heterocycles. The molecule has 0 saturated heterocycles. The fourth-order valence-electron chi connectivity index (χ4n) is 3.95. The largest absolute Gasteiger partial charge is 0.326 e. The lowest BCUT2D eigenvalue weighted by Crippen LogP contribution is -2.22. The van der Waals surface area contributed by atoms with E-state index in [0.29, 0.717) is 11.6 Å². The Hall–Kier alpha value is -2.47. The molecule has 1 fully saturated rings. The number of hydrogen-bond acceptors (Lipinski definition) is 3. The number of hydrogen-bond donors (Lipinski definition) is 3. The van der Waals surface area contributed by atoms with Crippen molar-refractivity contribution in [2.45, 2.75) is 16.7 Å². The van der Waals surface area contributed by atoms with Crippen molar-refractivity contribution in [1.82, 2.24) is 0 Å². The molecule has 2 atom stereocenters. The molecule has 0 aliphatic heterocycles. The van der Waals surface area contributed by atoms with Crippen molar-refractivity contribution in [2.75, 3.05) is 16.0 Å². The van der Waals surface area contributed by atoms with Crippen LogP contribution in [-0.4, -0.2) is 28.5 Å². The number of nitrogens with one attached hydrogen (secondary N) is 3. The maximum absolute atomic E-state index is 14.7. The van der Waals surface area contributed by atoms with Gasteiger partial charge in [0, 0.05) is 11.6 Å². The van der Waals surface area contributed by atoms with E-state index in [4.69, 9.17) is 69.6 Å². The van der Waals surface area contributed by atoms with Crippen molar-refractivity contribution in [3.8, 4) is 0 Å². The second-order valence-electron chi connectivity index (χ2n) is 8.64. The number of benzene rings is 3. The van der Waals surface area contributed by atoms with Gasteiger partial charge in [0.25, 0.3) is 11.8 Å². The molecule has 0 radical (unpaired) electrons. The second kappa shape index (κ2) is 12.0. The molecule has 3 N–H and O–H groups in total. The molecule has 0 bridgehead atoms. The van der Waals surface area contributed by atoms with E-state index in [2.05, 4.69) is 10.6 Å². The Balaban J connectivity index is 1.52. The van der Waals surface area contributed by atoms with E-state index in [1.54, 1.807) is 0 Å². The molecule has 1 saturated carbocycles. The molecule has 16 heteroatoms. The molecule has 4 rings (SSSR count). The van der Waals surface area contributed by atoms with Crippen molar-refractivity contribution >= 4 is 104 Å². The molecule has 0 spiro atoms. The highest BCUT2D eigenvalue weighted by atomic mass is 35.5. The SMILES string of the molecule is O=C(Nc1ccc(F)c(NC(=O)C(F)F)c1F)c1cc(NC(=O)[C@H]2[C@H](c3cc(Cl)c(Cl)c(Cl)c3)C2(Cl)Cl)ccc1Cl. The van der Waals surface area contributed by atoms with Crippen LogP contribution in [0.1, 0.15) is 21.8 Å². The minimum Gasteiger partial charge on any atom is -0.326 e. The third kappa shape index (κ3) is 6.48. The van der Waals surface area contributed by atoms with Crippen molar-refractivity contribution in [3.05, 3.63) is 85.3 Å². The molecule has 6 nitrogen and oxygen atoms in total. The molecule has 3 amide bonds. The molecule has 3 aromatic carbocycles. The smallest absolute Gasteiger partial charge is 0.315 e. The summed E-state index contributed by atoms with van der Waals surface area (Å²) in [6, 6.07) is 8.21. The summed E-state index contributed by atoms with van der Waals surface area (Å²) in [7, 11) is 0.